The molecule has 0 aromatic carbocycles. The van der Waals surface area contributed by atoms with Crippen molar-refractivity contribution in [2.45, 2.75) is 51.4 Å². The highest BCUT2D eigenvalue weighted by Gasteiger charge is 2.17. The molecular weight excluding hydrogens is 232 g/mol. The van der Waals surface area contributed by atoms with Gasteiger partial charge in [-0.25, -0.2) is 4.79 Å². The van der Waals surface area contributed by atoms with Crippen LogP contribution in [-0.2, 0) is 4.79 Å². The average Bonchev–Trinajstić information content (AvgIpc) is 2.25. The van der Waals surface area contributed by atoms with Gasteiger partial charge in [-0.2, -0.15) is 0 Å². The quantitative estimate of drug-likeness (QED) is 0.553. The van der Waals surface area contributed by atoms with E-state index in [4.69, 9.17) is 5.11 Å². The van der Waals surface area contributed by atoms with Crippen LogP contribution in [0.3, 0.4) is 0 Å². The fourth-order valence-corrected chi connectivity index (χ4v) is 1.95. The Balaban J connectivity index is 1.81. The number of carboxylic acids is 1. The first-order valence-electron chi connectivity index (χ1n) is 6.92. The van der Waals surface area contributed by atoms with Gasteiger partial charge in [0.15, 0.2) is 0 Å². The standard InChI is InChI=1S/C13H24N2O3/c16-12(17)8-3-1-2-4-9-14-13(18)15-10-11-6-5-7-11/h11H,1-10H2,(H,16,17)(H2,14,15,18). The van der Waals surface area contributed by atoms with E-state index in [1.165, 1.54) is 19.3 Å². The number of rotatable bonds is 9. The maximum atomic E-state index is 11.4. The largest absolute Gasteiger partial charge is 0.481 e. The first-order chi connectivity index (χ1) is 8.68. The highest BCUT2D eigenvalue weighted by molar-refractivity contribution is 5.73. The Hall–Kier alpha value is -1.26. The molecule has 0 aliphatic heterocycles. The molecule has 0 aromatic rings. The fourth-order valence-electron chi connectivity index (χ4n) is 1.95. The first kappa shape index (κ1) is 14.8. The molecule has 0 bridgehead atoms. The average molecular weight is 256 g/mol. The number of carbonyl (C=O) groups excluding carboxylic acids is 1. The van der Waals surface area contributed by atoms with Crippen molar-refractivity contribution in [3.63, 3.8) is 0 Å². The molecule has 1 aliphatic carbocycles. The second kappa shape index (κ2) is 8.78. The Morgan fingerprint density at radius 1 is 1.06 bits per heavy atom. The van der Waals surface area contributed by atoms with Crippen LogP contribution in [0.5, 0.6) is 0 Å². The molecule has 3 N–H and O–H groups in total. The molecule has 1 saturated carbocycles. The zero-order valence-corrected chi connectivity index (χ0v) is 10.9. The topological polar surface area (TPSA) is 78.4 Å². The smallest absolute Gasteiger partial charge is 0.314 e. The molecule has 1 fully saturated rings. The van der Waals surface area contributed by atoms with Crippen molar-refractivity contribution in [2.75, 3.05) is 13.1 Å². The third kappa shape index (κ3) is 7.14. The Morgan fingerprint density at radius 3 is 2.39 bits per heavy atom. The fraction of sp³-hybridized carbons (Fsp3) is 0.846. The van der Waals surface area contributed by atoms with Gasteiger partial charge in [0.25, 0.3) is 0 Å². The molecule has 5 nitrogen and oxygen atoms in total. The van der Waals surface area contributed by atoms with Crippen LogP contribution in [0.15, 0.2) is 0 Å². The van der Waals surface area contributed by atoms with Crippen molar-refractivity contribution < 1.29 is 14.7 Å². The third-order valence-electron chi connectivity index (χ3n) is 3.38. The third-order valence-corrected chi connectivity index (χ3v) is 3.38. The number of hydrogen-bond donors (Lipinski definition) is 3. The van der Waals surface area contributed by atoms with Gasteiger partial charge in [0, 0.05) is 19.5 Å². The lowest BCUT2D eigenvalue weighted by Gasteiger charge is -2.25. The zero-order valence-electron chi connectivity index (χ0n) is 10.9. The number of urea groups is 1. The maximum absolute atomic E-state index is 11.4. The van der Waals surface area contributed by atoms with Gasteiger partial charge in [-0.15, -0.1) is 0 Å². The summed E-state index contributed by atoms with van der Waals surface area (Å²) in [6.07, 6.45) is 7.54. The predicted octanol–water partition coefficient (Wildman–Crippen LogP) is 2.12. The minimum Gasteiger partial charge on any atom is -0.481 e. The van der Waals surface area contributed by atoms with E-state index in [2.05, 4.69) is 10.6 Å². The van der Waals surface area contributed by atoms with Crippen molar-refractivity contribution >= 4 is 12.0 Å². The number of hydrogen-bond acceptors (Lipinski definition) is 2. The summed E-state index contributed by atoms with van der Waals surface area (Å²) in [4.78, 5) is 21.6. The van der Waals surface area contributed by atoms with Crippen LogP contribution < -0.4 is 10.6 Å². The van der Waals surface area contributed by atoms with E-state index in [9.17, 15) is 9.59 Å². The summed E-state index contributed by atoms with van der Waals surface area (Å²) >= 11 is 0. The van der Waals surface area contributed by atoms with Gasteiger partial charge in [0.05, 0.1) is 0 Å². The van der Waals surface area contributed by atoms with Gasteiger partial charge in [-0.1, -0.05) is 19.3 Å². The summed E-state index contributed by atoms with van der Waals surface area (Å²) in [6, 6.07) is -0.0764. The Kier molecular flexibility index (Phi) is 7.22. The molecular formula is C13H24N2O3. The normalized spacial score (nSPS) is 14.9. The van der Waals surface area contributed by atoms with Crippen molar-refractivity contribution in [1.29, 1.82) is 0 Å². The van der Waals surface area contributed by atoms with Crippen molar-refractivity contribution in [1.82, 2.24) is 10.6 Å². The van der Waals surface area contributed by atoms with E-state index >= 15 is 0 Å². The molecule has 0 spiro atoms. The molecule has 5 heteroatoms. The molecule has 18 heavy (non-hydrogen) atoms. The second-order valence-electron chi connectivity index (χ2n) is 4.99. The van der Waals surface area contributed by atoms with Gasteiger partial charge < -0.3 is 15.7 Å². The highest BCUT2D eigenvalue weighted by Crippen LogP contribution is 2.24. The van der Waals surface area contributed by atoms with E-state index in [1.807, 2.05) is 0 Å². The van der Waals surface area contributed by atoms with Crippen molar-refractivity contribution in [3.05, 3.63) is 0 Å². The number of carbonyl (C=O) groups is 2. The molecule has 2 amide bonds. The molecule has 104 valence electrons. The summed E-state index contributed by atoms with van der Waals surface area (Å²) < 4.78 is 0. The van der Waals surface area contributed by atoms with E-state index in [0.717, 1.165) is 32.2 Å². The second-order valence-corrected chi connectivity index (χ2v) is 4.99. The summed E-state index contributed by atoms with van der Waals surface area (Å²) in [7, 11) is 0. The van der Waals surface area contributed by atoms with Crippen LogP contribution in [0.4, 0.5) is 4.79 Å². The van der Waals surface area contributed by atoms with E-state index < -0.39 is 5.97 Å². The number of unbranched alkanes of at least 4 members (excludes halogenated alkanes) is 3. The number of amides is 2. The minimum absolute atomic E-state index is 0.0764. The maximum Gasteiger partial charge on any atom is 0.314 e. The monoisotopic (exact) mass is 256 g/mol. The molecule has 0 atom stereocenters. The van der Waals surface area contributed by atoms with Gasteiger partial charge in [-0.3, -0.25) is 4.79 Å². The van der Waals surface area contributed by atoms with E-state index in [0.29, 0.717) is 12.5 Å². The van der Waals surface area contributed by atoms with Crippen LogP contribution >= 0.6 is 0 Å². The lowest BCUT2D eigenvalue weighted by Crippen LogP contribution is -2.39. The van der Waals surface area contributed by atoms with Crippen LogP contribution in [-0.4, -0.2) is 30.2 Å². The van der Waals surface area contributed by atoms with E-state index in [-0.39, 0.29) is 12.5 Å². The van der Waals surface area contributed by atoms with Gasteiger partial charge in [0.1, 0.15) is 0 Å². The number of carboxylic acid groups (broad SMARTS) is 1. The molecule has 0 saturated heterocycles. The number of aliphatic carboxylic acids is 1. The Morgan fingerprint density at radius 2 is 1.78 bits per heavy atom. The summed E-state index contributed by atoms with van der Waals surface area (Å²) in [6.45, 7) is 1.47. The van der Waals surface area contributed by atoms with Gasteiger partial charge in [0.2, 0.25) is 0 Å². The predicted molar refractivity (Wildman–Crippen MR) is 69.5 cm³/mol. The summed E-state index contributed by atoms with van der Waals surface area (Å²) in [5, 5.41) is 14.1. The minimum atomic E-state index is -0.733. The van der Waals surface area contributed by atoms with Crippen molar-refractivity contribution in [3.8, 4) is 0 Å². The van der Waals surface area contributed by atoms with Crippen LogP contribution in [0.2, 0.25) is 0 Å². The summed E-state index contributed by atoms with van der Waals surface area (Å²) in [5.74, 6) is -0.0461. The Labute approximate surface area is 108 Å². The zero-order chi connectivity index (χ0) is 13.2. The lowest BCUT2D eigenvalue weighted by atomic mass is 9.85. The molecule has 1 aliphatic rings. The van der Waals surface area contributed by atoms with E-state index in [1.54, 1.807) is 0 Å². The molecule has 0 heterocycles. The number of nitrogens with one attached hydrogen (secondary N) is 2. The lowest BCUT2D eigenvalue weighted by molar-refractivity contribution is -0.137. The molecule has 0 radical (unpaired) electrons. The first-order valence-corrected chi connectivity index (χ1v) is 6.92. The van der Waals surface area contributed by atoms with Crippen LogP contribution in [0.1, 0.15) is 51.4 Å². The molecule has 0 aromatic heterocycles. The summed E-state index contributed by atoms with van der Waals surface area (Å²) in [5.41, 5.74) is 0. The van der Waals surface area contributed by atoms with Crippen LogP contribution in [0, 0.1) is 5.92 Å². The van der Waals surface area contributed by atoms with Gasteiger partial charge in [-0.05, 0) is 31.6 Å². The van der Waals surface area contributed by atoms with Crippen LogP contribution in [0.25, 0.3) is 0 Å². The molecule has 0 unspecified atom stereocenters. The molecule has 1 rings (SSSR count). The SMILES string of the molecule is O=C(O)CCCCCCNC(=O)NCC1CCC1. The van der Waals surface area contributed by atoms with Crippen molar-refractivity contribution in [2.24, 2.45) is 5.92 Å². The van der Waals surface area contributed by atoms with Gasteiger partial charge >= 0.3 is 12.0 Å². The Bertz CT molecular complexity index is 265. The highest BCUT2D eigenvalue weighted by atomic mass is 16.4.